The smallest absolute Gasteiger partial charge is 0.319 e. The van der Waals surface area contributed by atoms with Gasteiger partial charge in [-0.05, 0) is 37.1 Å². The number of rotatable bonds is 3. The van der Waals surface area contributed by atoms with Crippen LogP contribution in [0.15, 0.2) is 36.5 Å². The number of anilines is 1. The number of urea groups is 1. The van der Waals surface area contributed by atoms with Gasteiger partial charge in [-0.25, -0.2) is 4.79 Å². The van der Waals surface area contributed by atoms with Crippen LogP contribution in [0.3, 0.4) is 0 Å². The topological polar surface area (TPSA) is 46.1 Å². The maximum absolute atomic E-state index is 11.9. The minimum absolute atomic E-state index is 0.182. The predicted octanol–water partition coefficient (Wildman–Crippen LogP) is 2.96. The molecular formula is C15H19N3O. The summed E-state index contributed by atoms with van der Waals surface area (Å²) in [7, 11) is 1.96. The minimum Gasteiger partial charge on any atom is -0.353 e. The summed E-state index contributed by atoms with van der Waals surface area (Å²) < 4.78 is 1.99. The lowest BCUT2D eigenvalue weighted by atomic mass is 10.1. The number of aromatic nitrogens is 1. The highest BCUT2D eigenvalue weighted by atomic mass is 16.2. The third-order valence-corrected chi connectivity index (χ3v) is 3.20. The summed E-state index contributed by atoms with van der Waals surface area (Å²) in [4.78, 5) is 11.9. The number of hydrogen-bond donors (Lipinski definition) is 2. The number of amides is 2. The fourth-order valence-corrected chi connectivity index (χ4v) is 2.02. The second kappa shape index (κ2) is 5.61. The number of aryl methyl sites for hydroxylation is 3. The molecule has 2 aromatic rings. The van der Waals surface area contributed by atoms with Gasteiger partial charge in [-0.15, -0.1) is 0 Å². The Kier molecular flexibility index (Phi) is 3.90. The Labute approximate surface area is 113 Å². The molecule has 4 nitrogen and oxygen atoms in total. The molecule has 4 heteroatoms. The van der Waals surface area contributed by atoms with Crippen LogP contribution in [0.4, 0.5) is 10.5 Å². The first-order valence-corrected chi connectivity index (χ1v) is 6.29. The first kappa shape index (κ1) is 13.2. The highest BCUT2D eigenvalue weighted by molar-refractivity contribution is 5.90. The predicted molar refractivity (Wildman–Crippen MR) is 77.2 cm³/mol. The Morgan fingerprint density at radius 3 is 2.42 bits per heavy atom. The highest BCUT2D eigenvalue weighted by Gasteiger charge is 2.07. The molecule has 0 saturated heterocycles. The third kappa shape index (κ3) is 3.16. The zero-order chi connectivity index (χ0) is 13.8. The molecule has 0 saturated carbocycles. The minimum atomic E-state index is -0.182. The van der Waals surface area contributed by atoms with Crippen LogP contribution >= 0.6 is 0 Å². The Morgan fingerprint density at radius 1 is 1.16 bits per heavy atom. The van der Waals surface area contributed by atoms with Gasteiger partial charge in [0.05, 0.1) is 6.54 Å². The number of nitrogens with zero attached hydrogens (tertiary/aromatic N) is 1. The summed E-state index contributed by atoms with van der Waals surface area (Å²) in [5.41, 5.74) is 4.08. The quantitative estimate of drug-likeness (QED) is 0.872. The first-order chi connectivity index (χ1) is 9.08. The van der Waals surface area contributed by atoms with Crippen LogP contribution in [0.25, 0.3) is 0 Å². The Balaban J connectivity index is 1.97. The largest absolute Gasteiger partial charge is 0.353 e. The van der Waals surface area contributed by atoms with Crippen LogP contribution < -0.4 is 10.6 Å². The van der Waals surface area contributed by atoms with Gasteiger partial charge in [0.15, 0.2) is 0 Å². The summed E-state index contributed by atoms with van der Waals surface area (Å²) in [6.07, 6.45) is 1.96. The van der Waals surface area contributed by atoms with Crippen LogP contribution in [0.1, 0.15) is 16.8 Å². The lowest BCUT2D eigenvalue weighted by Crippen LogP contribution is -2.29. The molecule has 1 heterocycles. The Morgan fingerprint density at radius 2 is 1.84 bits per heavy atom. The average molecular weight is 257 g/mol. The number of nitrogens with one attached hydrogen (secondary N) is 2. The summed E-state index contributed by atoms with van der Waals surface area (Å²) in [6.45, 7) is 4.49. The van der Waals surface area contributed by atoms with Crippen molar-refractivity contribution in [1.29, 1.82) is 0 Å². The van der Waals surface area contributed by atoms with Gasteiger partial charge in [0.2, 0.25) is 0 Å². The molecule has 1 aromatic heterocycles. The maximum Gasteiger partial charge on any atom is 0.319 e. The van der Waals surface area contributed by atoms with Gasteiger partial charge in [0.1, 0.15) is 0 Å². The molecule has 0 aliphatic heterocycles. The van der Waals surface area contributed by atoms with Gasteiger partial charge < -0.3 is 15.2 Å². The summed E-state index contributed by atoms with van der Waals surface area (Å²) in [5, 5.41) is 5.76. The highest BCUT2D eigenvalue weighted by Crippen LogP contribution is 2.19. The van der Waals surface area contributed by atoms with Crippen LogP contribution in [0.2, 0.25) is 0 Å². The van der Waals surface area contributed by atoms with Crippen molar-refractivity contribution in [2.24, 2.45) is 7.05 Å². The van der Waals surface area contributed by atoms with Gasteiger partial charge in [-0.2, -0.15) is 0 Å². The monoisotopic (exact) mass is 257 g/mol. The molecule has 2 rings (SSSR count). The van der Waals surface area contributed by atoms with Crippen LogP contribution in [0.5, 0.6) is 0 Å². The molecule has 0 radical (unpaired) electrons. The maximum atomic E-state index is 11.9. The van der Waals surface area contributed by atoms with E-state index >= 15 is 0 Å². The van der Waals surface area contributed by atoms with Gasteiger partial charge in [-0.3, -0.25) is 0 Å². The van der Waals surface area contributed by atoms with Crippen LogP contribution in [-0.4, -0.2) is 10.6 Å². The number of hydrogen-bond acceptors (Lipinski definition) is 1. The van der Waals surface area contributed by atoms with Gasteiger partial charge in [-0.1, -0.05) is 18.2 Å². The molecule has 0 bridgehead atoms. The molecule has 19 heavy (non-hydrogen) atoms. The third-order valence-electron chi connectivity index (χ3n) is 3.20. The van der Waals surface area contributed by atoms with E-state index in [4.69, 9.17) is 0 Å². The molecule has 0 unspecified atom stereocenters. The molecule has 0 atom stereocenters. The van der Waals surface area contributed by atoms with E-state index in [-0.39, 0.29) is 6.03 Å². The number of benzene rings is 1. The summed E-state index contributed by atoms with van der Waals surface area (Å²) in [6, 6.07) is 9.72. The van der Waals surface area contributed by atoms with Crippen molar-refractivity contribution in [2.75, 3.05) is 5.32 Å². The molecule has 100 valence electrons. The fourth-order valence-electron chi connectivity index (χ4n) is 2.02. The normalized spacial score (nSPS) is 10.3. The lowest BCUT2D eigenvalue weighted by Gasteiger charge is -2.12. The van der Waals surface area contributed by atoms with E-state index in [0.29, 0.717) is 6.54 Å². The number of carbonyl (C=O) groups excluding carboxylic acids is 1. The molecule has 1 aromatic carbocycles. The van der Waals surface area contributed by atoms with Crippen molar-refractivity contribution < 1.29 is 4.79 Å². The molecular weight excluding hydrogens is 238 g/mol. The summed E-state index contributed by atoms with van der Waals surface area (Å²) >= 11 is 0. The molecule has 0 aliphatic carbocycles. The molecule has 2 N–H and O–H groups in total. The zero-order valence-corrected chi connectivity index (χ0v) is 11.5. The number of carbonyl (C=O) groups is 1. The van der Waals surface area contributed by atoms with Crippen LogP contribution in [0, 0.1) is 13.8 Å². The fraction of sp³-hybridized carbons (Fsp3) is 0.267. The van der Waals surface area contributed by atoms with E-state index in [2.05, 4.69) is 10.6 Å². The van der Waals surface area contributed by atoms with E-state index in [1.54, 1.807) is 0 Å². The second-order valence-electron chi connectivity index (χ2n) is 4.68. The van der Waals surface area contributed by atoms with Gasteiger partial charge in [0, 0.05) is 24.6 Å². The van der Waals surface area contributed by atoms with Crippen molar-refractivity contribution in [3.63, 3.8) is 0 Å². The van der Waals surface area contributed by atoms with Crippen molar-refractivity contribution in [3.8, 4) is 0 Å². The molecule has 0 spiro atoms. The lowest BCUT2D eigenvalue weighted by molar-refractivity contribution is 0.251. The van der Waals surface area contributed by atoms with Crippen molar-refractivity contribution in [1.82, 2.24) is 9.88 Å². The van der Waals surface area contributed by atoms with E-state index in [1.807, 2.05) is 62.0 Å². The van der Waals surface area contributed by atoms with Gasteiger partial charge >= 0.3 is 6.03 Å². The van der Waals surface area contributed by atoms with E-state index < -0.39 is 0 Å². The van der Waals surface area contributed by atoms with Crippen molar-refractivity contribution >= 4 is 11.7 Å². The average Bonchev–Trinajstić information content (AvgIpc) is 2.77. The van der Waals surface area contributed by atoms with Crippen LogP contribution in [-0.2, 0) is 13.6 Å². The number of para-hydroxylation sites is 1. The van der Waals surface area contributed by atoms with Gasteiger partial charge in [0.25, 0.3) is 0 Å². The SMILES string of the molecule is Cc1cccc(C)c1NC(=O)NCc1cccn1C. The standard InChI is InChI=1S/C15H19N3O/c1-11-6-4-7-12(2)14(11)17-15(19)16-10-13-8-5-9-18(13)3/h4-9H,10H2,1-3H3,(H2,16,17,19). The van der Waals surface area contributed by atoms with Crippen molar-refractivity contribution in [3.05, 3.63) is 53.3 Å². The molecule has 0 fully saturated rings. The second-order valence-corrected chi connectivity index (χ2v) is 4.68. The molecule has 0 aliphatic rings. The Hall–Kier alpha value is -2.23. The molecule has 2 amide bonds. The van der Waals surface area contributed by atoms with Crippen molar-refractivity contribution in [2.45, 2.75) is 20.4 Å². The van der Waals surface area contributed by atoms with E-state index in [1.165, 1.54) is 0 Å². The summed E-state index contributed by atoms with van der Waals surface area (Å²) in [5.74, 6) is 0. The Bertz CT molecular complexity index is 567. The van der Waals surface area contributed by atoms with E-state index in [0.717, 1.165) is 22.5 Å². The first-order valence-electron chi connectivity index (χ1n) is 6.29. The van der Waals surface area contributed by atoms with E-state index in [9.17, 15) is 4.79 Å². The zero-order valence-electron chi connectivity index (χ0n) is 11.5.